The number of rotatable bonds is 6. The molecule has 0 bridgehead atoms. The van der Waals surface area contributed by atoms with Gasteiger partial charge in [-0.25, -0.2) is 0 Å². The van der Waals surface area contributed by atoms with E-state index in [0.29, 0.717) is 23.5 Å². The number of nitrogens with one attached hydrogen (secondary N) is 1. The molecular formula is C26H21N5O. The number of hydrogen-bond acceptors (Lipinski definition) is 4. The molecule has 2 heterocycles. The number of anilines is 1. The Bertz CT molecular complexity index is 1300. The van der Waals surface area contributed by atoms with E-state index >= 15 is 0 Å². The average molecular weight is 419 g/mol. The minimum Gasteiger partial charge on any atom is -0.321 e. The summed E-state index contributed by atoms with van der Waals surface area (Å²) in [5, 5.41) is 17.2. The second kappa shape index (κ2) is 9.54. The van der Waals surface area contributed by atoms with Crippen molar-refractivity contribution in [2.75, 3.05) is 5.32 Å². The molecule has 1 N–H and O–H groups in total. The van der Waals surface area contributed by atoms with Gasteiger partial charge in [-0.05, 0) is 48.4 Å². The average Bonchev–Trinajstić information content (AvgIpc) is 3.20. The Morgan fingerprint density at radius 2 is 1.97 bits per heavy atom. The van der Waals surface area contributed by atoms with Crippen LogP contribution in [0.1, 0.15) is 16.7 Å². The van der Waals surface area contributed by atoms with Gasteiger partial charge in [0, 0.05) is 35.4 Å². The minimum atomic E-state index is -0.467. The van der Waals surface area contributed by atoms with Gasteiger partial charge in [0.05, 0.1) is 6.54 Å². The number of aryl methyl sites for hydroxylation is 1. The van der Waals surface area contributed by atoms with Crippen LogP contribution in [0.15, 0.2) is 90.9 Å². The van der Waals surface area contributed by atoms with E-state index in [-0.39, 0.29) is 5.57 Å². The van der Waals surface area contributed by atoms with Gasteiger partial charge in [-0.15, -0.1) is 0 Å². The number of pyridine rings is 1. The van der Waals surface area contributed by atoms with Crippen LogP contribution in [-0.2, 0) is 11.3 Å². The summed E-state index contributed by atoms with van der Waals surface area (Å²) in [5.41, 5.74) is 4.89. The Kier molecular flexibility index (Phi) is 6.19. The van der Waals surface area contributed by atoms with Gasteiger partial charge in [-0.1, -0.05) is 42.5 Å². The van der Waals surface area contributed by atoms with Crippen LogP contribution in [0.3, 0.4) is 0 Å². The summed E-state index contributed by atoms with van der Waals surface area (Å²) in [6.07, 6.45) is 6.82. The molecule has 0 radical (unpaired) electrons. The molecule has 0 saturated heterocycles. The maximum atomic E-state index is 12.8. The quantitative estimate of drug-likeness (QED) is 0.358. The predicted octanol–water partition coefficient (Wildman–Crippen LogP) is 4.85. The number of hydrogen-bond donors (Lipinski definition) is 1. The number of benzene rings is 2. The first kappa shape index (κ1) is 20.8. The smallest absolute Gasteiger partial charge is 0.266 e. The highest BCUT2D eigenvalue weighted by molar-refractivity contribution is 6.10. The fourth-order valence-electron chi connectivity index (χ4n) is 3.35. The molecule has 4 rings (SSSR count). The first-order valence-electron chi connectivity index (χ1n) is 10.1. The number of nitriles is 1. The Morgan fingerprint density at radius 3 is 2.69 bits per heavy atom. The molecule has 0 aliphatic rings. The number of carbonyl (C=O) groups excluding carboxylic acids is 1. The lowest BCUT2D eigenvalue weighted by Crippen LogP contribution is -2.13. The Hall–Kier alpha value is -4.50. The molecule has 2 aromatic carbocycles. The van der Waals surface area contributed by atoms with Crippen molar-refractivity contribution >= 4 is 17.7 Å². The molecule has 0 atom stereocenters. The largest absolute Gasteiger partial charge is 0.321 e. The van der Waals surface area contributed by atoms with Crippen molar-refractivity contribution < 1.29 is 4.79 Å². The van der Waals surface area contributed by atoms with Crippen LogP contribution in [0.25, 0.3) is 17.3 Å². The first-order chi connectivity index (χ1) is 15.6. The fourth-order valence-corrected chi connectivity index (χ4v) is 3.35. The van der Waals surface area contributed by atoms with Crippen LogP contribution in [0.5, 0.6) is 0 Å². The van der Waals surface area contributed by atoms with E-state index < -0.39 is 5.91 Å². The molecule has 1 amide bonds. The lowest BCUT2D eigenvalue weighted by molar-refractivity contribution is -0.112. The van der Waals surface area contributed by atoms with Crippen LogP contribution in [0.2, 0.25) is 0 Å². The molecular weight excluding hydrogens is 398 g/mol. The fraction of sp³-hybridized carbons (Fsp3) is 0.0769. The summed E-state index contributed by atoms with van der Waals surface area (Å²) in [6.45, 7) is 2.51. The van der Waals surface area contributed by atoms with Crippen molar-refractivity contribution in [2.45, 2.75) is 13.5 Å². The van der Waals surface area contributed by atoms with Crippen LogP contribution in [-0.4, -0.2) is 20.7 Å². The number of amides is 1. The van der Waals surface area contributed by atoms with E-state index in [1.165, 1.54) is 0 Å². The molecule has 0 aliphatic carbocycles. The van der Waals surface area contributed by atoms with E-state index in [2.05, 4.69) is 10.3 Å². The zero-order valence-electron chi connectivity index (χ0n) is 17.6. The molecule has 0 spiro atoms. The normalized spacial score (nSPS) is 11.1. The van der Waals surface area contributed by atoms with Gasteiger partial charge in [0.25, 0.3) is 5.91 Å². The molecule has 6 heteroatoms. The van der Waals surface area contributed by atoms with Crippen LogP contribution in [0, 0.1) is 18.3 Å². The molecule has 156 valence electrons. The van der Waals surface area contributed by atoms with Crippen LogP contribution >= 0.6 is 0 Å². The van der Waals surface area contributed by atoms with E-state index in [9.17, 15) is 10.1 Å². The summed E-state index contributed by atoms with van der Waals surface area (Å²) in [4.78, 5) is 16.9. The van der Waals surface area contributed by atoms with Crippen molar-refractivity contribution in [3.8, 4) is 17.3 Å². The third kappa shape index (κ3) is 4.97. The van der Waals surface area contributed by atoms with Gasteiger partial charge in [-0.3, -0.25) is 14.5 Å². The molecule has 4 aromatic rings. The zero-order chi connectivity index (χ0) is 22.3. The molecule has 0 fully saturated rings. The van der Waals surface area contributed by atoms with Gasteiger partial charge >= 0.3 is 0 Å². The minimum absolute atomic E-state index is 0.00379. The molecule has 0 saturated carbocycles. The van der Waals surface area contributed by atoms with Crippen LogP contribution < -0.4 is 5.32 Å². The maximum absolute atomic E-state index is 12.8. The topological polar surface area (TPSA) is 83.6 Å². The lowest BCUT2D eigenvalue weighted by Gasteiger charge is -2.05. The highest BCUT2D eigenvalue weighted by Gasteiger charge is 2.15. The number of aromatic nitrogens is 3. The molecule has 0 unspecified atom stereocenters. The van der Waals surface area contributed by atoms with E-state index in [1.54, 1.807) is 29.2 Å². The van der Waals surface area contributed by atoms with Crippen molar-refractivity contribution in [3.05, 3.63) is 108 Å². The van der Waals surface area contributed by atoms with Crippen molar-refractivity contribution in [1.82, 2.24) is 14.8 Å². The monoisotopic (exact) mass is 419 g/mol. The van der Waals surface area contributed by atoms with Gasteiger partial charge in [0.2, 0.25) is 0 Å². The summed E-state index contributed by atoms with van der Waals surface area (Å²) in [6, 6.07) is 23.2. The number of nitrogens with zero attached hydrogens (tertiary/aromatic N) is 4. The lowest BCUT2D eigenvalue weighted by atomic mass is 10.1. The van der Waals surface area contributed by atoms with Crippen LogP contribution in [0.4, 0.5) is 5.69 Å². The van der Waals surface area contributed by atoms with E-state index in [0.717, 1.165) is 16.7 Å². The summed E-state index contributed by atoms with van der Waals surface area (Å²) in [5.74, 6) is -0.467. The molecule has 32 heavy (non-hydrogen) atoms. The Morgan fingerprint density at radius 1 is 1.12 bits per heavy atom. The third-order valence-corrected chi connectivity index (χ3v) is 4.85. The van der Waals surface area contributed by atoms with E-state index in [1.807, 2.05) is 79.9 Å². The van der Waals surface area contributed by atoms with Gasteiger partial charge in [-0.2, -0.15) is 10.4 Å². The van der Waals surface area contributed by atoms with Crippen molar-refractivity contribution in [3.63, 3.8) is 0 Å². The molecule has 0 aliphatic heterocycles. The molecule has 2 aromatic heterocycles. The Labute approximate surface area is 186 Å². The molecule has 6 nitrogen and oxygen atoms in total. The Balaban J connectivity index is 1.69. The first-order valence-corrected chi connectivity index (χ1v) is 10.1. The second-order valence-corrected chi connectivity index (χ2v) is 7.35. The van der Waals surface area contributed by atoms with E-state index in [4.69, 9.17) is 5.10 Å². The zero-order valence-corrected chi connectivity index (χ0v) is 17.6. The van der Waals surface area contributed by atoms with Crippen molar-refractivity contribution in [2.24, 2.45) is 0 Å². The second-order valence-electron chi connectivity index (χ2n) is 7.35. The summed E-state index contributed by atoms with van der Waals surface area (Å²) >= 11 is 0. The highest BCUT2D eigenvalue weighted by atomic mass is 16.1. The SMILES string of the molecule is Cc1cccc(NC(=O)/C(C#N)=C/c2cn(Cc3ccccc3)nc2-c2cccnc2)c1. The maximum Gasteiger partial charge on any atom is 0.266 e. The van der Waals surface area contributed by atoms with Gasteiger partial charge < -0.3 is 5.32 Å². The van der Waals surface area contributed by atoms with Gasteiger partial charge in [0.15, 0.2) is 0 Å². The standard InChI is InChI=1S/C26H21N5O/c1-19-7-5-11-24(13-19)29-26(32)22(15-27)14-23-18-31(17-20-8-3-2-4-9-20)30-25(23)21-10-6-12-28-16-21/h2-14,16,18H,17H2,1H3,(H,29,32)/b22-14+. The van der Waals surface area contributed by atoms with Crippen molar-refractivity contribution in [1.29, 1.82) is 5.26 Å². The highest BCUT2D eigenvalue weighted by Crippen LogP contribution is 2.24. The number of carbonyl (C=O) groups is 1. The summed E-state index contributed by atoms with van der Waals surface area (Å²) < 4.78 is 1.80. The predicted molar refractivity (Wildman–Crippen MR) is 124 cm³/mol. The summed E-state index contributed by atoms with van der Waals surface area (Å²) in [7, 11) is 0. The third-order valence-electron chi connectivity index (χ3n) is 4.85. The van der Waals surface area contributed by atoms with Gasteiger partial charge in [0.1, 0.15) is 17.3 Å².